The summed E-state index contributed by atoms with van der Waals surface area (Å²) in [4.78, 5) is 8.71. The van der Waals surface area contributed by atoms with Gasteiger partial charge in [0.25, 0.3) is 0 Å². The zero-order valence-corrected chi connectivity index (χ0v) is 13.4. The van der Waals surface area contributed by atoms with Crippen LogP contribution < -0.4 is 10.6 Å². The first-order chi connectivity index (χ1) is 10.1. The van der Waals surface area contributed by atoms with E-state index < -0.39 is 0 Å². The van der Waals surface area contributed by atoms with Crippen LogP contribution in [-0.2, 0) is 11.2 Å². The van der Waals surface area contributed by atoms with E-state index >= 15 is 0 Å². The predicted molar refractivity (Wildman–Crippen MR) is 85.9 cm³/mol. The highest BCUT2D eigenvalue weighted by Gasteiger charge is 2.33. The molecule has 116 valence electrons. The van der Waals surface area contributed by atoms with Gasteiger partial charge in [-0.3, -0.25) is 4.99 Å². The quantitative estimate of drug-likeness (QED) is 0.478. The minimum atomic E-state index is 0.197. The van der Waals surface area contributed by atoms with Crippen molar-refractivity contribution in [2.45, 2.75) is 20.3 Å². The summed E-state index contributed by atoms with van der Waals surface area (Å²) < 4.78 is 5.25. The van der Waals surface area contributed by atoms with Crippen molar-refractivity contribution < 1.29 is 4.74 Å². The molecule has 2 N–H and O–H groups in total. The van der Waals surface area contributed by atoms with Crippen molar-refractivity contribution in [1.29, 1.82) is 0 Å². The smallest absolute Gasteiger partial charge is 0.191 e. The van der Waals surface area contributed by atoms with Gasteiger partial charge >= 0.3 is 0 Å². The van der Waals surface area contributed by atoms with Crippen LogP contribution in [0.4, 0.5) is 0 Å². The van der Waals surface area contributed by atoms with Crippen molar-refractivity contribution in [3.63, 3.8) is 0 Å². The molecule has 0 saturated carbocycles. The van der Waals surface area contributed by atoms with Gasteiger partial charge in [-0.2, -0.15) is 0 Å². The molecule has 0 aliphatic carbocycles. The van der Waals surface area contributed by atoms with Crippen LogP contribution in [0.2, 0.25) is 5.15 Å². The lowest BCUT2D eigenvalue weighted by molar-refractivity contribution is -0.0945. The van der Waals surface area contributed by atoms with Crippen LogP contribution >= 0.6 is 11.6 Å². The molecule has 1 fully saturated rings. The second kappa shape index (κ2) is 7.61. The molecule has 1 aliphatic heterocycles. The number of hydrogen-bond donors (Lipinski definition) is 2. The lowest BCUT2D eigenvalue weighted by Gasteiger charge is -2.36. The van der Waals surface area contributed by atoms with Crippen LogP contribution in [0.5, 0.6) is 0 Å². The van der Waals surface area contributed by atoms with E-state index in [0.717, 1.165) is 50.8 Å². The van der Waals surface area contributed by atoms with Gasteiger partial charge in [0, 0.05) is 24.7 Å². The third-order valence-electron chi connectivity index (χ3n) is 3.36. The van der Waals surface area contributed by atoms with Crippen molar-refractivity contribution in [2.75, 3.05) is 32.8 Å². The Balaban J connectivity index is 1.79. The molecule has 6 heteroatoms. The van der Waals surface area contributed by atoms with E-state index in [4.69, 9.17) is 16.3 Å². The molecule has 1 saturated heterocycles. The number of guanidine groups is 1. The van der Waals surface area contributed by atoms with Crippen LogP contribution in [0.1, 0.15) is 19.4 Å². The van der Waals surface area contributed by atoms with Gasteiger partial charge in [-0.05, 0) is 25.0 Å². The first-order valence-electron chi connectivity index (χ1n) is 7.32. The summed E-state index contributed by atoms with van der Waals surface area (Å²) in [7, 11) is 0. The normalized spacial score (nSPS) is 17.2. The standard InChI is InChI=1S/C15H23ClN4O/c1-3-17-14(20-9-15(2)10-21-11-15)18-7-6-12-4-5-13(16)19-8-12/h4-5,8H,3,6-7,9-11H2,1-2H3,(H2,17,18,20). The molecule has 0 unspecified atom stereocenters. The topological polar surface area (TPSA) is 58.5 Å². The summed E-state index contributed by atoms with van der Waals surface area (Å²) in [6.07, 6.45) is 2.69. The molecular weight excluding hydrogens is 288 g/mol. The summed E-state index contributed by atoms with van der Waals surface area (Å²) >= 11 is 5.77. The van der Waals surface area contributed by atoms with Crippen LogP contribution in [0.25, 0.3) is 0 Å². The second-order valence-corrected chi connectivity index (χ2v) is 6.05. The molecule has 0 bridgehead atoms. The third-order valence-corrected chi connectivity index (χ3v) is 3.58. The molecule has 0 amide bonds. The first-order valence-corrected chi connectivity index (χ1v) is 7.69. The summed E-state index contributed by atoms with van der Waals surface area (Å²) in [6, 6.07) is 3.81. The Morgan fingerprint density at radius 3 is 2.81 bits per heavy atom. The Labute approximate surface area is 131 Å². The summed E-state index contributed by atoms with van der Waals surface area (Å²) in [5.41, 5.74) is 1.35. The minimum Gasteiger partial charge on any atom is -0.380 e. The number of nitrogens with zero attached hydrogens (tertiary/aromatic N) is 2. The molecule has 0 radical (unpaired) electrons. The lowest BCUT2D eigenvalue weighted by atomic mass is 9.89. The Morgan fingerprint density at radius 2 is 2.24 bits per heavy atom. The van der Waals surface area contributed by atoms with Crippen LogP contribution in [0, 0.1) is 5.41 Å². The van der Waals surface area contributed by atoms with Crippen molar-refractivity contribution in [2.24, 2.45) is 10.4 Å². The van der Waals surface area contributed by atoms with Crippen molar-refractivity contribution in [1.82, 2.24) is 15.6 Å². The predicted octanol–water partition coefficient (Wildman–Crippen LogP) is 1.87. The van der Waals surface area contributed by atoms with Crippen molar-refractivity contribution in [3.8, 4) is 0 Å². The maximum atomic E-state index is 5.77. The van der Waals surface area contributed by atoms with Crippen LogP contribution in [-0.4, -0.2) is 43.8 Å². The van der Waals surface area contributed by atoms with Crippen molar-refractivity contribution >= 4 is 17.6 Å². The molecule has 0 aromatic carbocycles. The average molecular weight is 311 g/mol. The fourth-order valence-corrected chi connectivity index (χ4v) is 2.14. The van der Waals surface area contributed by atoms with E-state index in [2.05, 4.69) is 34.5 Å². The van der Waals surface area contributed by atoms with Gasteiger partial charge in [0.1, 0.15) is 5.15 Å². The SMILES string of the molecule is CCNC(=NCC1(C)COC1)NCCc1ccc(Cl)nc1. The monoisotopic (exact) mass is 310 g/mol. The molecule has 21 heavy (non-hydrogen) atoms. The number of rotatable bonds is 6. The zero-order chi connectivity index (χ0) is 15.1. The van der Waals surface area contributed by atoms with Gasteiger partial charge in [-0.25, -0.2) is 4.98 Å². The van der Waals surface area contributed by atoms with Crippen LogP contribution in [0.15, 0.2) is 23.3 Å². The third kappa shape index (κ3) is 5.17. The van der Waals surface area contributed by atoms with Gasteiger partial charge < -0.3 is 15.4 Å². The molecule has 0 spiro atoms. The highest BCUT2D eigenvalue weighted by molar-refractivity contribution is 6.29. The molecule has 2 heterocycles. The Hall–Kier alpha value is -1.33. The van der Waals surface area contributed by atoms with E-state index in [9.17, 15) is 0 Å². The molecule has 1 aromatic rings. The molecule has 5 nitrogen and oxygen atoms in total. The lowest BCUT2D eigenvalue weighted by Crippen LogP contribution is -2.44. The van der Waals surface area contributed by atoms with E-state index in [-0.39, 0.29) is 5.41 Å². The van der Waals surface area contributed by atoms with Crippen LogP contribution in [0.3, 0.4) is 0 Å². The molecule has 1 aliphatic rings. The zero-order valence-electron chi connectivity index (χ0n) is 12.7. The van der Waals surface area contributed by atoms with Gasteiger partial charge in [-0.15, -0.1) is 0 Å². The van der Waals surface area contributed by atoms with E-state index in [0.29, 0.717) is 5.15 Å². The average Bonchev–Trinajstić information content (AvgIpc) is 2.45. The van der Waals surface area contributed by atoms with Crippen molar-refractivity contribution in [3.05, 3.63) is 29.0 Å². The van der Waals surface area contributed by atoms with Gasteiger partial charge in [0.15, 0.2) is 5.96 Å². The Bertz CT molecular complexity index is 471. The van der Waals surface area contributed by atoms with E-state index in [1.807, 2.05) is 12.1 Å². The number of nitrogens with one attached hydrogen (secondary N) is 2. The first kappa shape index (κ1) is 16.0. The fourth-order valence-electron chi connectivity index (χ4n) is 2.03. The van der Waals surface area contributed by atoms with E-state index in [1.54, 1.807) is 6.20 Å². The number of halogens is 1. The summed E-state index contributed by atoms with van der Waals surface area (Å²) in [6.45, 7) is 8.30. The maximum Gasteiger partial charge on any atom is 0.191 e. The maximum absolute atomic E-state index is 5.77. The number of hydrogen-bond acceptors (Lipinski definition) is 3. The number of aliphatic imine (C=N–C) groups is 1. The number of ether oxygens (including phenoxy) is 1. The highest BCUT2D eigenvalue weighted by Crippen LogP contribution is 2.26. The Morgan fingerprint density at radius 1 is 1.43 bits per heavy atom. The summed E-state index contributed by atoms with van der Waals surface area (Å²) in [5.74, 6) is 0.854. The molecule has 2 rings (SSSR count). The van der Waals surface area contributed by atoms with Gasteiger partial charge in [0.2, 0.25) is 0 Å². The largest absolute Gasteiger partial charge is 0.380 e. The molecular formula is C15H23ClN4O. The molecule has 0 atom stereocenters. The summed E-state index contributed by atoms with van der Waals surface area (Å²) in [5, 5.41) is 7.13. The molecule has 1 aromatic heterocycles. The number of aromatic nitrogens is 1. The van der Waals surface area contributed by atoms with Gasteiger partial charge in [0.05, 0.1) is 19.8 Å². The minimum absolute atomic E-state index is 0.197. The fraction of sp³-hybridized carbons (Fsp3) is 0.600. The van der Waals surface area contributed by atoms with E-state index in [1.165, 1.54) is 0 Å². The van der Waals surface area contributed by atoms with Gasteiger partial charge in [-0.1, -0.05) is 24.6 Å². The highest BCUT2D eigenvalue weighted by atomic mass is 35.5. The Kier molecular flexibility index (Phi) is 5.82. The number of pyridine rings is 1. The second-order valence-electron chi connectivity index (χ2n) is 5.66.